The van der Waals surface area contributed by atoms with E-state index in [1.165, 1.54) is 27.7 Å². The zero-order chi connectivity index (χ0) is 21.9. The number of carbonyl (C=O) groups is 1. The van der Waals surface area contributed by atoms with E-state index in [1.54, 1.807) is 18.2 Å². The predicted octanol–water partition coefficient (Wildman–Crippen LogP) is 3.99. The third kappa shape index (κ3) is 4.12. The van der Waals surface area contributed by atoms with Crippen LogP contribution in [0.2, 0.25) is 0 Å². The number of benzene rings is 3. The van der Waals surface area contributed by atoms with Crippen molar-refractivity contribution in [2.24, 2.45) is 0 Å². The van der Waals surface area contributed by atoms with Crippen molar-refractivity contribution in [2.45, 2.75) is 25.9 Å². The number of aromatic nitrogens is 2. The molecule has 1 aliphatic heterocycles. The summed E-state index contributed by atoms with van der Waals surface area (Å²) < 4.78 is 1.34. The largest absolute Gasteiger partial charge is 0.367 e. The van der Waals surface area contributed by atoms with Crippen LogP contribution in [0.15, 0.2) is 83.9 Å². The van der Waals surface area contributed by atoms with Gasteiger partial charge in [-0.3, -0.25) is 14.2 Å². The van der Waals surface area contributed by atoms with Crippen LogP contribution >= 0.6 is 0 Å². The van der Waals surface area contributed by atoms with Gasteiger partial charge in [0.05, 0.1) is 17.2 Å². The Morgan fingerprint density at radius 1 is 1.00 bits per heavy atom. The van der Waals surface area contributed by atoms with Gasteiger partial charge in [-0.15, -0.1) is 0 Å². The van der Waals surface area contributed by atoms with Crippen LogP contribution in [-0.2, 0) is 24.3 Å². The standard InChI is InChI=1S/C26H24N4O2/c31-25(17-30-18-27-23-11-5-4-10-22(23)26(30)32)28-21-12-13-24-20(15-21)9-6-14-29(24)16-19-7-2-1-3-8-19/h1-5,7-8,10-13,15,18H,6,9,14,16-17H2,(H,28,31). The highest BCUT2D eigenvalue weighted by Crippen LogP contribution is 2.30. The number of nitrogens with one attached hydrogen (secondary N) is 1. The zero-order valence-electron chi connectivity index (χ0n) is 17.7. The molecule has 0 unspecified atom stereocenters. The molecule has 2 heterocycles. The highest BCUT2D eigenvalue weighted by Gasteiger charge is 2.18. The maximum Gasteiger partial charge on any atom is 0.261 e. The monoisotopic (exact) mass is 424 g/mol. The molecule has 6 nitrogen and oxygen atoms in total. The lowest BCUT2D eigenvalue weighted by atomic mass is 10.00. The minimum absolute atomic E-state index is 0.0755. The van der Waals surface area contributed by atoms with Gasteiger partial charge < -0.3 is 10.2 Å². The van der Waals surface area contributed by atoms with Crippen molar-refractivity contribution in [3.05, 3.63) is 101 Å². The molecule has 1 amide bonds. The summed E-state index contributed by atoms with van der Waals surface area (Å²) in [5.74, 6) is -0.249. The summed E-state index contributed by atoms with van der Waals surface area (Å²) in [5, 5.41) is 3.44. The van der Waals surface area contributed by atoms with E-state index in [0.717, 1.165) is 31.6 Å². The van der Waals surface area contributed by atoms with Gasteiger partial charge in [0.15, 0.2) is 0 Å². The van der Waals surface area contributed by atoms with E-state index in [2.05, 4.69) is 45.5 Å². The number of fused-ring (bicyclic) bond motifs is 2. The molecular weight excluding hydrogens is 400 g/mol. The smallest absolute Gasteiger partial charge is 0.261 e. The Morgan fingerprint density at radius 2 is 1.81 bits per heavy atom. The highest BCUT2D eigenvalue weighted by molar-refractivity contribution is 5.91. The highest BCUT2D eigenvalue weighted by atomic mass is 16.2. The molecule has 6 heteroatoms. The van der Waals surface area contributed by atoms with Gasteiger partial charge in [0.2, 0.25) is 5.91 Å². The van der Waals surface area contributed by atoms with Gasteiger partial charge in [0.1, 0.15) is 6.54 Å². The summed E-state index contributed by atoms with van der Waals surface area (Å²) in [6.07, 6.45) is 3.49. The fraction of sp³-hybridized carbons (Fsp3) is 0.192. The number of rotatable bonds is 5. The third-order valence-corrected chi connectivity index (χ3v) is 5.84. The maximum absolute atomic E-state index is 12.6. The van der Waals surface area contributed by atoms with Crippen LogP contribution in [-0.4, -0.2) is 22.0 Å². The summed E-state index contributed by atoms with van der Waals surface area (Å²) >= 11 is 0. The molecule has 1 aliphatic rings. The number of hydrogen-bond acceptors (Lipinski definition) is 4. The zero-order valence-corrected chi connectivity index (χ0v) is 17.7. The normalized spacial score (nSPS) is 13.1. The van der Waals surface area contributed by atoms with Gasteiger partial charge >= 0.3 is 0 Å². The first-order valence-electron chi connectivity index (χ1n) is 10.8. The second-order valence-corrected chi connectivity index (χ2v) is 8.10. The molecule has 0 radical (unpaired) electrons. The molecule has 5 rings (SSSR count). The molecule has 1 N–H and O–H groups in total. The molecule has 0 fully saturated rings. The van der Waals surface area contributed by atoms with E-state index < -0.39 is 0 Å². The Bertz CT molecular complexity index is 1330. The second-order valence-electron chi connectivity index (χ2n) is 8.10. The first-order valence-corrected chi connectivity index (χ1v) is 10.8. The number of carbonyl (C=O) groups excluding carboxylic acids is 1. The lowest BCUT2D eigenvalue weighted by molar-refractivity contribution is -0.116. The molecule has 0 saturated heterocycles. The molecule has 0 aliphatic carbocycles. The molecule has 3 aromatic carbocycles. The van der Waals surface area contributed by atoms with Crippen molar-refractivity contribution >= 4 is 28.2 Å². The van der Waals surface area contributed by atoms with Crippen LogP contribution in [0.5, 0.6) is 0 Å². The Labute approximate surface area is 186 Å². The minimum Gasteiger partial charge on any atom is -0.367 e. The first-order chi connectivity index (χ1) is 15.7. The summed E-state index contributed by atoms with van der Waals surface area (Å²) in [6, 6.07) is 23.7. The first kappa shape index (κ1) is 20.0. The van der Waals surface area contributed by atoms with E-state index in [0.29, 0.717) is 10.9 Å². The number of aryl methyl sites for hydroxylation is 1. The summed E-state index contributed by atoms with van der Waals surface area (Å²) in [6.45, 7) is 1.82. The van der Waals surface area contributed by atoms with Crippen LogP contribution in [0.25, 0.3) is 10.9 Å². The van der Waals surface area contributed by atoms with Crippen LogP contribution in [0.3, 0.4) is 0 Å². The third-order valence-electron chi connectivity index (χ3n) is 5.84. The lowest BCUT2D eigenvalue weighted by Crippen LogP contribution is -2.29. The topological polar surface area (TPSA) is 67.2 Å². The number of para-hydroxylation sites is 1. The average Bonchev–Trinajstić information content (AvgIpc) is 2.82. The summed E-state index contributed by atoms with van der Waals surface area (Å²) in [7, 11) is 0. The second kappa shape index (κ2) is 8.67. The van der Waals surface area contributed by atoms with Crippen LogP contribution < -0.4 is 15.8 Å². The van der Waals surface area contributed by atoms with E-state index in [-0.39, 0.29) is 18.0 Å². The van der Waals surface area contributed by atoms with Crippen molar-refractivity contribution in [1.29, 1.82) is 0 Å². The summed E-state index contributed by atoms with van der Waals surface area (Å²) in [5.41, 5.74) is 4.89. The SMILES string of the molecule is O=C(Cn1cnc2ccccc2c1=O)Nc1ccc2c(c1)CCCN2Cc1ccccc1. The molecule has 0 bridgehead atoms. The maximum atomic E-state index is 12.6. The van der Waals surface area contributed by atoms with Gasteiger partial charge in [0.25, 0.3) is 5.56 Å². The predicted molar refractivity (Wildman–Crippen MR) is 127 cm³/mol. The molecule has 32 heavy (non-hydrogen) atoms. The van der Waals surface area contributed by atoms with Crippen molar-refractivity contribution in [3.8, 4) is 0 Å². The Kier molecular flexibility index (Phi) is 5.42. The molecule has 0 spiro atoms. The van der Waals surface area contributed by atoms with Crippen LogP contribution in [0, 0.1) is 0 Å². The summed E-state index contributed by atoms with van der Waals surface area (Å²) in [4.78, 5) is 31.9. The number of amides is 1. The Balaban J connectivity index is 1.31. The fourth-order valence-corrected chi connectivity index (χ4v) is 4.29. The Hall–Kier alpha value is -3.93. The quantitative estimate of drug-likeness (QED) is 0.526. The van der Waals surface area contributed by atoms with Crippen molar-refractivity contribution in [2.75, 3.05) is 16.8 Å². The molecular formula is C26H24N4O2. The van der Waals surface area contributed by atoms with E-state index in [1.807, 2.05) is 24.3 Å². The lowest BCUT2D eigenvalue weighted by Gasteiger charge is -2.31. The van der Waals surface area contributed by atoms with E-state index in [4.69, 9.17) is 0 Å². The molecule has 4 aromatic rings. The van der Waals surface area contributed by atoms with Gasteiger partial charge in [-0.25, -0.2) is 4.98 Å². The molecule has 160 valence electrons. The minimum atomic E-state index is -0.249. The van der Waals surface area contributed by atoms with Crippen molar-refractivity contribution in [1.82, 2.24) is 9.55 Å². The van der Waals surface area contributed by atoms with E-state index >= 15 is 0 Å². The average molecular weight is 425 g/mol. The molecule has 0 saturated carbocycles. The van der Waals surface area contributed by atoms with Crippen molar-refractivity contribution in [3.63, 3.8) is 0 Å². The van der Waals surface area contributed by atoms with Gasteiger partial charge in [-0.1, -0.05) is 42.5 Å². The number of anilines is 2. The van der Waals surface area contributed by atoms with Gasteiger partial charge in [-0.05, 0) is 54.3 Å². The van der Waals surface area contributed by atoms with Crippen molar-refractivity contribution < 1.29 is 4.79 Å². The van der Waals surface area contributed by atoms with Gasteiger partial charge in [0, 0.05) is 24.5 Å². The Morgan fingerprint density at radius 3 is 2.69 bits per heavy atom. The molecule has 0 atom stereocenters. The number of hydrogen-bond donors (Lipinski definition) is 1. The van der Waals surface area contributed by atoms with Crippen LogP contribution in [0.1, 0.15) is 17.5 Å². The van der Waals surface area contributed by atoms with Gasteiger partial charge in [-0.2, -0.15) is 0 Å². The number of nitrogens with zero attached hydrogens (tertiary/aromatic N) is 3. The fourth-order valence-electron chi connectivity index (χ4n) is 4.29. The van der Waals surface area contributed by atoms with E-state index in [9.17, 15) is 9.59 Å². The molecule has 1 aromatic heterocycles. The van der Waals surface area contributed by atoms with Crippen LogP contribution in [0.4, 0.5) is 11.4 Å².